The number of fused-ring (bicyclic) bond motifs is 7. The molecule has 11 rings (SSSR count). The first-order chi connectivity index (χ1) is 29.4. The van der Waals surface area contributed by atoms with Crippen molar-refractivity contribution < 1.29 is 4.48 Å². The predicted octanol–water partition coefficient (Wildman–Crippen LogP) is 12.8. The summed E-state index contributed by atoms with van der Waals surface area (Å²) in [7, 11) is 0. The minimum Gasteiger partial charge on any atom is -0.316 e. The average molecular weight is 789 g/mol. The van der Waals surface area contributed by atoms with Crippen LogP contribution in [0.15, 0.2) is 147 Å². The van der Waals surface area contributed by atoms with Gasteiger partial charge in [0.15, 0.2) is 0 Å². The first-order valence-electron chi connectivity index (χ1n) is 22.7. The second-order valence-corrected chi connectivity index (χ2v) is 18.6. The van der Waals surface area contributed by atoms with Crippen LogP contribution >= 0.6 is 0 Å². The molecule has 4 aliphatic heterocycles. The van der Waals surface area contributed by atoms with Crippen LogP contribution in [0.2, 0.25) is 0 Å². The highest BCUT2D eigenvalue weighted by atomic mass is 15.4. The van der Waals surface area contributed by atoms with E-state index in [9.17, 15) is 0 Å². The third-order valence-corrected chi connectivity index (χ3v) is 15.6. The Bertz CT molecular complexity index is 2630. The van der Waals surface area contributed by atoms with Gasteiger partial charge in [0.2, 0.25) is 0 Å². The van der Waals surface area contributed by atoms with E-state index in [0.29, 0.717) is 41.5 Å². The highest BCUT2D eigenvalue weighted by Crippen LogP contribution is 2.50. The van der Waals surface area contributed by atoms with Crippen LogP contribution in [0, 0.1) is 30.1 Å². The Morgan fingerprint density at radius 3 is 1.88 bits per heavy atom. The topological polar surface area (TPSA) is 29.0 Å². The maximum Gasteiger partial charge on any atom is 0.106 e. The molecule has 60 heavy (non-hydrogen) atoms. The Morgan fingerprint density at radius 1 is 0.683 bits per heavy atom. The summed E-state index contributed by atoms with van der Waals surface area (Å²) in [6, 6.07) is 41.1. The molecule has 4 fully saturated rings. The normalized spacial score (nSPS) is 25.5. The van der Waals surface area contributed by atoms with Crippen LogP contribution in [0.3, 0.4) is 0 Å². The lowest BCUT2D eigenvalue weighted by atomic mass is 9.69. The molecule has 0 amide bonds. The Balaban J connectivity index is 0.942. The van der Waals surface area contributed by atoms with Gasteiger partial charge in [-0.15, -0.1) is 13.2 Å². The predicted molar refractivity (Wildman–Crippen MR) is 252 cm³/mol. The van der Waals surface area contributed by atoms with E-state index in [2.05, 4.69) is 165 Å². The van der Waals surface area contributed by atoms with Crippen molar-refractivity contribution in [2.75, 3.05) is 26.2 Å². The summed E-state index contributed by atoms with van der Waals surface area (Å²) in [5.41, 5.74) is 8.01. The highest BCUT2D eigenvalue weighted by molar-refractivity contribution is 6.05. The largest absolute Gasteiger partial charge is 0.316 e. The number of piperidine rings is 4. The smallest absolute Gasteiger partial charge is 0.106 e. The molecule has 4 nitrogen and oxygen atoms in total. The van der Waals surface area contributed by atoms with Crippen LogP contribution in [0.5, 0.6) is 0 Å². The number of pyridine rings is 2. The van der Waals surface area contributed by atoms with E-state index < -0.39 is 0 Å². The van der Waals surface area contributed by atoms with Crippen LogP contribution in [-0.2, 0) is 13.1 Å². The van der Waals surface area contributed by atoms with Crippen LogP contribution < -0.4 is 0 Å². The molecule has 0 N–H and O–H groups in total. The first kappa shape index (κ1) is 39.0. The van der Waals surface area contributed by atoms with Crippen molar-refractivity contribution in [3.63, 3.8) is 0 Å². The van der Waals surface area contributed by atoms with Gasteiger partial charge in [0, 0.05) is 66.5 Å². The summed E-state index contributed by atoms with van der Waals surface area (Å²) >= 11 is 0. The molecule has 8 atom stereocenters. The van der Waals surface area contributed by atoms with E-state index in [1.54, 1.807) is 0 Å². The van der Waals surface area contributed by atoms with Gasteiger partial charge in [0.1, 0.15) is 6.54 Å². The van der Waals surface area contributed by atoms with E-state index in [1.807, 2.05) is 12.4 Å². The molecule has 5 aromatic carbocycles. The van der Waals surface area contributed by atoms with Crippen LogP contribution in [0.4, 0.5) is 0 Å². The molecule has 4 saturated heterocycles. The van der Waals surface area contributed by atoms with Crippen molar-refractivity contribution in [3.05, 3.63) is 176 Å². The maximum atomic E-state index is 4.76. The van der Waals surface area contributed by atoms with E-state index in [0.717, 1.165) is 48.1 Å². The van der Waals surface area contributed by atoms with E-state index in [-0.39, 0.29) is 0 Å². The van der Waals surface area contributed by atoms with Crippen molar-refractivity contribution in [2.45, 2.75) is 70.5 Å². The molecular weight excluding hydrogens is 729 g/mol. The van der Waals surface area contributed by atoms with Crippen molar-refractivity contribution in [1.82, 2.24) is 14.9 Å². The van der Waals surface area contributed by atoms with Gasteiger partial charge in [0.05, 0.1) is 30.2 Å². The molecule has 0 aliphatic carbocycles. The monoisotopic (exact) mass is 788 g/mol. The van der Waals surface area contributed by atoms with Crippen LogP contribution in [0.1, 0.15) is 73.6 Å². The number of para-hydroxylation sites is 2. The van der Waals surface area contributed by atoms with Crippen molar-refractivity contribution in [3.8, 4) is 0 Å². The molecule has 2 aromatic heterocycles. The van der Waals surface area contributed by atoms with Crippen LogP contribution in [0.25, 0.3) is 43.4 Å². The summed E-state index contributed by atoms with van der Waals surface area (Å²) in [4.78, 5) is 12.1. The summed E-state index contributed by atoms with van der Waals surface area (Å²) in [6.45, 7) is 20.2. The lowest BCUT2D eigenvalue weighted by Crippen LogP contribution is -2.67. The number of hydrogen-bond donors (Lipinski definition) is 0. The summed E-state index contributed by atoms with van der Waals surface area (Å²) < 4.78 is 1.12. The molecule has 0 saturated carbocycles. The Kier molecular flexibility index (Phi) is 10.6. The van der Waals surface area contributed by atoms with Gasteiger partial charge < -0.3 is 4.48 Å². The fourth-order valence-corrected chi connectivity index (χ4v) is 12.4. The maximum absolute atomic E-state index is 4.76. The molecule has 4 heteroatoms. The SMILES string of the molecule is C=C[C@H]1CN(Cc2c3ccccc3c(C[N+]34CCC(CC3[C@@H](C)c3ccnc5ccccc35)[C@@H](C=C)C4)c3ccccc23)CCC1C[CH][C@@H](C)c1ccnc2ccccc12. The second-order valence-electron chi connectivity index (χ2n) is 18.6. The Morgan fingerprint density at radius 2 is 1.25 bits per heavy atom. The third-order valence-electron chi connectivity index (χ3n) is 15.6. The second kappa shape index (κ2) is 16.4. The molecule has 7 aromatic rings. The van der Waals surface area contributed by atoms with Crippen LogP contribution in [-0.4, -0.2) is 51.6 Å². The zero-order valence-electron chi connectivity index (χ0n) is 35.6. The lowest BCUT2D eigenvalue weighted by Gasteiger charge is -2.59. The van der Waals surface area contributed by atoms with Gasteiger partial charge in [-0.05, 0) is 112 Å². The number of rotatable bonds is 12. The first-order valence-corrected chi connectivity index (χ1v) is 22.7. The number of benzene rings is 5. The molecule has 4 unspecified atom stereocenters. The van der Waals surface area contributed by atoms with E-state index >= 15 is 0 Å². The van der Waals surface area contributed by atoms with Gasteiger partial charge in [-0.2, -0.15) is 0 Å². The molecule has 1 radical (unpaired) electrons. The summed E-state index contributed by atoms with van der Waals surface area (Å²) in [6.07, 6.45) is 15.9. The van der Waals surface area contributed by atoms with Gasteiger partial charge in [0.25, 0.3) is 0 Å². The van der Waals surface area contributed by atoms with Crippen molar-refractivity contribution in [1.29, 1.82) is 0 Å². The van der Waals surface area contributed by atoms with E-state index in [4.69, 9.17) is 4.98 Å². The number of likely N-dealkylation sites (tertiary alicyclic amines) is 1. The standard InChI is InChI=1S/C56H60N4/c1-5-40-34-59(31-27-42(40)24-23-38(3)44-25-29-57-54-21-13-11-19-50(44)54)35-52-46-15-7-9-17-48(46)53(49-18-10-8-16-47(49)52)37-60-32-28-43(41(6-2)36-60)33-56(60)39(4)45-26-30-58-55-22-14-12-20-51(45)55/h5-23,25-26,29-30,38-43,56H,1-2,24,27-28,31-37H2,3-4H3/q+1/t38-,39+,40+,41+,42?,43?,56?,60?/m1/s1. The van der Waals surface area contributed by atoms with Gasteiger partial charge in [-0.1, -0.05) is 111 Å². The zero-order chi connectivity index (χ0) is 40.8. The molecular formula is C56H60N4+. The quantitative estimate of drug-likeness (QED) is 0.0701. The van der Waals surface area contributed by atoms with E-state index in [1.165, 1.54) is 86.9 Å². The van der Waals surface area contributed by atoms with Gasteiger partial charge >= 0.3 is 0 Å². The molecule has 0 spiro atoms. The molecule has 303 valence electrons. The molecule has 4 aliphatic rings. The summed E-state index contributed by atoms with van der Waals surface area (Å²) in [5.74, 6) is 3.13. The third kappa shape index (κ3) is 6.96. The fraction of sp³-hybridized carbons (Fsp3) is 0.339. The Labute approximate surface area is 357 Å². The highest BCUT2D eigenvalue weighted by Gasteiger charge is 2.53. The number of hydrogen-bond acceptors (Lipinski definition) is 3. The molecule has 6 heterocycles. The minimum absolute atomic E-state index is 0.371. The Hall–Kier alpha value is -5.16. The number of aromatic nitrogens is 2. The average Bonchev–Trinajstić information content (AvgIpc) is 3.31. The van der Waals surface area contributed by atoms with Gasteiger partial charge in [-0.3, -0.25) is 14.9 Å². The summed E-state index contributed by atoms with van der Waals surface area (Å²) in [5, 5.41) is 8.29. The minimum atomic E-state index is 0.371. The molecule has 2 bridgehead atoms. The fourth-order valence-electron chi connectivity index (χ4n) is 12.4. The van der Waals surface area contributed by atoms with Crippen molar-refractivity contribution in [2.24, 2.45) is 23.7 Å². The lowest BCUT2D eigenvalue weighted by molar-refractivity contribution is -0.982. The number of quaternary nitrogens is 1. The zero-order valence-corrected chi connectivity index (χ0v) is 35.6. The van der Waals surface area contributed by atoms with Crippen molar-refractivity contribution >= 4 is 43.4 Å². The number of nitrogens with zero attached hydrogens (tertiary/aromatic N) is 4. The van der Waals surface area contributed by atoms with Gasteiger partial charge in [-0.25, -0.2) is 0 Å².